The summed E-state index contributed by atoms with van der Waals surface area (Å²) in [6.07, 6.45) is 0.471. The van der Waals surface area contributed by atoms with Gasteiger partial charge in [0.25, 0.3) is 10.1 Å². The minimum Gasteiger partial charge on any atom is -0.314 e. The predicted octanol–water partition coefficient (Wildman–Crippen LogP) is 0.337. The Bertz CT molecular complexity index is 229. The van der Waals surface area contributed by atoms with Crippen LogP contribution in [0.5, 0.6) is 0 Å². The zero-order chi connectivity index (χ0) is 12.9. The van der Waals surface area contributed by atoms with E-state index >= 15 is 0 Å². The summed E-state index contributed by atoms with van der Waals surface area (Å²) in [5, 5.41) is 6.44. The van der Waals surface area contributed by atoms with E-state index in [1.54, 1.807) is 6.92 Å². The number of thiocarbonyl (C=S) groups is 1. The van der Waals surface area contributed by atoms with E-state index < -0.39 is 10.1 Å². The third-order valence-electron chi connectivity index (χ3n) is 1.42. The van der Waals surface area contributed by atoms with Crippen LogP contribution in [0.25, 0.3) is 0 Å². The zero-order valence-electron chi connectivity index (χ0n) is 9.35. The molecule has 0 atom stereocenters. The molecule has 0 radical (unpaired) electrons. The standard InChI is InChI=1S/C4H10N2.C3H8O3S.CH2S2/c1-2-6-4-3-5-1;1-2-3-7(4,5)6;2-1-3/h5-6H,1-4H2;2-3H2,1H3,(H,4,5,6);1H,(H,2,3). The van der Waals surface area contributed by atoms with Gasteiger partial charge in [-0.15, -0.1) is 12.6 Å². The van der Waals surface area contributed by atoms with E-state index in [-0.39, 0.29) is 5.75 Å². The Morgan fingerprint density at radius 2 is 1.62 bits per heavy atom. The van der Waals surface area contributed by atoms with Crippen molar-refractivity contribution in [2.45, 2.75) is 13.3 Å². The molecule has 98 valence electrons. The molecule has 0 saturated carbocycles. The van der Waals surface area contributed by atoms with Crippen LogP contribution in [-0.4, -0.2) is 49.6 Å². The lowest BCUT2D eigenvalue weighted by molar-refractivity contribution is 0.482. The summed E-state index contributed by atoms with van der Waals surface area (Å²) < 4.78 is 28.8. The average molecular weight is 288 g/mol. The van der Waals surface area contributed by atoms with Crippen molar-refractivity contribution in [3.05, 3.63) is 0 Å². The van der Waals surface area contributed by atoms with Crippen LogP contribution >= 0.6 is 24.8 Å². The molecule has 1 aliphatic rings. The second kappa shape index (κ2) is 13.3. The van der Waals surface area contributed by atoms with Crippen molar-refractivity contribution in [3.63, 3.8) is 0 Å². The fourth-order valence-electron chi connectivity index (χ4n) is 0.862. The number of nitrogens with one attached hydrogen (secondary N) is 2. The normalized spacial score (nSPS) is 14.9. The van der Waals surface area contributed by atoms with E-state index in [4.69, 9.17) is 4.55 Å². The van der Waals surface area contributed by atoms with Gasteiger partial charge in [0.05, 0.1) is 5.75 Å². The van der Waals surface area contributed by atoms with E-state index in [9.17, 15) is 8.42 Å². The van der Waals surface area contributed by atoms with Crippen LogP contribution in [0.15, 0.2) is 0 Å². The Morgan fingerprint density at radius 1 is 1.31 bits per heavy atom. The quantitative estimate of drug-likeness (QED) is 0.333. The molecule has 0 bridgehead atoms. The van der Waals surface area contributed by atoms with Gasteiger partial charge in [0, 0.05) is 30.9 Å². The molecule has 1 heterocycles. The van der Waals surface area contributed by atoms with Crippen LogP contribution in [-0.2, 0) is 10.1 Å². The molecule has 0 aromatic carbocycles. The van der Waals surface area contributed by atoms with Crippen LogP contribution in [0.1, 0.15) is 13.3 Å². The van der Waals surface area contributed by atoms with Crippen molar-refractivity contribution in [2.75, 3.05) is 31.9 Å². The molecular weight excluding hydrogens is 268 g/mol. The molecule has 0 aliphatic carbocycles. The number of hydrogen-bond donors (Lipinski definition) is 4. The number of thiol groups is 1. The minimum atomic E-state index is -3.67. The Kier molecular flexibility index (Phi) is 15.5. The molecule has 0 unspecified atom stereocenters. The molecule has 0 aromatic heterocycles. The van der Waals surface area contributed by atoms with Crippen LogP contribution in [0.3, 0.4) is 0 Å². The molecule has 1 aliphatic heterocycles. The lowest BCUT2D eigenvalue weighted by Crippen LogP contribution is -2.39. The maximum Gasteiger partial charge on any atom is 0.264 e. The maximum atomic E-state index is 9.79. The van der Waals surface area contributed by atoms with E-state index in [1.165, 1.54) is 4.70 Å². The molecular formula is C8H20N2O3S3. The lowest BCUT2D eigenvalue weighted by atomic mass is 10.4. The van der Waals surface area contributed by atoms with Crippen molar-refractivity contribution in [1.82, 2.24) is 10.6 Å². The van der Waals surface area contributed by atoms with Gasteiger partial charge in [-0.1, -0.05) is 19.1 Å². The van der Waals surface area contributed by atoms with Crippen molar-refractivity contribution in [2.24, 2.45) is 0 Å². The first-order valence-electron chi connectivity index (χ1n) is 4.92. The highest BCUT2D eigenvalue weighted by Gasteiger charge is 1.98. The molecule has 1 rings (SSSR count). The molecule has 0 spiro atoms. The fourth-order valence-corrected chi connectivity index (χ4v) is 1.38. The Hall–Kier alpha value is 0.270. The number of rotatable bonds is 2. The van der Waals surface area contributed by atoms with Gasteiger partial charge in [0.1, 0.15) is 0 Å². The molecule has 5 nitrogen and oxygen atoms in total. The highest BCUT2D eigenvalue weighted by atomic mass is 32.2. The van der Waals surface area contributed by atoms with Gasteiger partial charge in [-0.05, 0) is 6.42 Å². The number of hydrogen-bond acceptors (Lipinski definition) is 5. The summed E-state index contributed by atoms with van der Waals surface area (Å²) in [4.78, 5) is 0. The summed E-state index contributed by atoms with van der Waals surface area (Å²) in [7, 11) is -3.67. The average Bonchev–Trinajstić information content (AvgIpc) is 2.20. The summed E-state index contributed by atoms with van der Waals surface area (Å²) in [5.41, 5.74) is 0. The second-order valence-corrected chi connectivity index (χ2v) is 5.31. The first-order valence-corrected chi connectivity index (χ1v) is 7.52. The van der Waals surface area contributed by atoms with Crippen LogP contribution in [0.2, 0.25) is 0 Å². The summed E-state index contributed by atoms with van der Waals surface area (Å²) in [5.74, 6) is -0.132. The summed E-state index contributed by atoms with van der Waals surface area (Å²) >= 11 is 7.61. The van der Waals surface area contributed by atoms with Crippen molar-refractivity contribution < 1.29 is 13.0 Å². The lowest BCUT2D eigenvalue weighted by Gasteiger charge is -2.11. The Balaban J connectivity index is 0. The van der Waals surface area contributed by atoms with Gasteiger partial charge >= 0.3 is 0 Å². The Morgan fingerprint density at radius 3 is 1.69 bits per heavy atom. The molecule has 16 heavy (non-hydrogen) atoms. The van der Waals surface area contributed by atoms with Crippen molar-refractivity contribution in [1.29, 1.82) is 0 Å². The van der Waals surface area contributed by atoms with Gasteiger partial charge in [-0.25, -0.2) is 0 Å². The van der Waals surface area contributed by atoms with E-state index in [2.05, 4.69) is 35.5 Å². The maximum absolute atomic E-state index is 9.79. The van der Waals surface area contributed by atoms with Crippen LogP contribution < -0.4 is 10.6 Å². The smallest absolute Gasteiger partial charge is 0.264 e. The monoisotopic (exact) mass is 288 g/mol. The van der Waals surface area contributed by atoms with Crippen LogP contribution in [0, 0.1) is 0 Å². The molecule has 1 fully saturated rings. The largest absolute Gasteiger partial charge is 0.314 e. The minimum absolute atomic E-state index is 0.132. The van der Waals surface area contributed by atoms with Gasteiger partial charge in [-0.2, -0.15) is 8.42 Å². The third kappa shape index (κ3) is 23.8. The molecule has 0 aromatic rings. The van der Waals surface area contributed by atoms with E-state index in [1.807, 2.05) is 0 Å². The highest BCUT2D eigenvalue weighted by molar-refractivity contribution is 8.08. The van der Waals surface area contributed by atoms with Gasteiger partial charge in [0.15, 0.2) is 0 Å². The predicted molar refractivity (Wildman–Crippen MR) is 75.1 cm³/mol. The van der Waals surface area contributed by atoms with Crippen LogP contribution in [0.4, 0.5) is 0 Å². The van der Waals surface area contributed by atoms with Crippen molar-refractivity contribution in [3.8, 4) is 0 Å². The fraction of sp³-hybridized carbons (Fsp3) is 0.875. The highest BCUT2D eigenvalue weighted by Crippen LogP contribution is 1.83. The molecule has 8 heteroatoms. The number of piperazine rings is 1. The molecule has 1 saturated heterocycles. The first-order chi connectivity index (χ1) is 7.47. The topological polar surface area (TPSA) is 78.4 Å². The SMILES string of the molecule is C1CNCCN1.CCCS(=O)(=O)O.S=CS. The first kappa shape index (κ1) is 18.6. The Labute approximate surface area is 109 Å². The molecule has 3 N–H and O–H groups in total. The van der Waals surface area contributed by atoms with Gasteiger partial charge in [0.2, 0.25) is 0 Å². The summed E-state index contributed by atoms with van der Waals surface area (Å²) in [6.45, 7) is 6.24. The summed E-state index contributed by atoms with van der Waals surface area (Å²) in [6, 6.07) is 0. The third-order valence-corrected chi connectivity index (χ3v) is 2.34. The van der Waals surface area contributed by atoms with Crippen molar-refractivity contribution >= 4 is 39.7 Å². The zero-order valence-corrected chi connectivity index (χ0v) is 11.9. The molecule has 0 amide bonds. The van der Waals surface area contributed by atoms with E-state index in [0.29, 0.717) is 6.42 Å². The van der Waals surface area contributed by atoms with E-state index in [0.717, 1.165) is 26.2 Å². The van der Waals surface area contributed by atoms with Gasteiger partial charge < -0.3 is 10.6 Å². The van der Waals surface area contributed by atoms with Gasteiger partial charge in [-0.3, -0.25) is 4.55 Å². The second-order valence-electron chi connectivity index (χ2n) is 2.89.